The molecule has 0 bridgehead atoms. The lowest BCUT2D eigenvalue weighted by Gasteiger charge is -2.08. The van der Waals surface area contributed by atoms with Crippen molar-refractivity contribution in [3.63, 3.8) is 0 Å². The minimum absolute atomic E-state index is 0. The molecular weight excluding hydrogens is 423 g/mol. The summed E-state index contributed by atoms with van der Waals surface area (Å²) in [7, 11) is 0. The zero-order valence-electron chi connectivity index (χ0n) is 15.9. The zero-order valence-corrected chi connectivity index (χ0v) is 18.3. The molecule has 2 nitrogen and oxygen atoms in total. The summed E-state index contributed by atoms with van der Waals surface area (Å²) in [5.41, 5.74) is 4.94. The molecule has 1 N–H and O–H groups in total. The maximum absolute atomic E-state index is 6.39. The number of nitrogens with one attached hydrogen (secondary N) is 1. The van der Waals surface area contributed by atoms with E-state index in [1.165, 1.54) is 22.0 Å². The second-order valence-corrected chi connectivity index (χ2v) is 7.79. The fourth-order valence-corrected chi connectivity index (χ4v) is 4.00. The van der Waals surface area contributed by atoms with Gasteiger partial charge in [-0.05, 0) is 47.9 Å². The average Bonchev–Trinajstić information content (AvgIpc) is 3.06. The molecule has 0 saturated heterocycles. The Morgan fingerprint density at radius 3 is 2.38 bits per heavy atom. The van der Waals surface area contributed by atoms with E-state index in [4.69, 9.17) is 23.2 Å². The van der Waals surface area contributed by atoms with Gasteiger partial charge in [-0.15, -0.1) is 12.4 Å². The Hall–Kier alpha value is -1.97. The highest BCUT2D eigenvalue weighted by molar-refractivity contribution is 6.35. The van der Waals surface area contributed by atoms with Gasteiger partial charge in [0.1, 0.15) is 0 Å². The molecule has 0 aliphatic rings. The molecule has 5 heteroatoms. The van der Waals surface area contributed by atoms with Gasteiger partial charge in [0, 0.05) is 40.2 Å². The molecule has 3 aromatic carbocycles. The molecule has 0 radical (unpaired) electrons. The maximum Gasteiger partial charge on any atom is 0.0491 e. The van der Waals surface area contributed by atoms with Gasteiger partial charge in [-0.1, -0.05) is 77.8 Å². The van der Waals surface area contributed by atoms with Gasteiger partial charge in [0.05, 0.1) is 0 Å². The van der Waals surface area contributed by atoms with E-state index >= 15 is 0 Å². The average molecular weight is 446 g/mol. The van der Waals surface area contributed by atoms with Gasteiger partial charge >= 0.3 is 0 Å². The third-order valence-electron chi connectivity index (χ3n) is 4.98. The van der Waals surface area contributed by atoms with Crippen molar-refractivity contribution in [3.8, 4) is 0 Å². The second kappa shape index (κ2) is 10.2. The first kappa shape index (κ1) is 21.7. The van der Waals surface area contributed by atoms with Crippen molar-refractivity contribution in [2.24, 2.45) is 0 Å². The Labute approximate surface area is 187 Å². The van der Waals surface area contributed by atoms with Gasteiger partial charge in [-0.3, -0.25) is 0 Å². The Morgan fingerprint density at radius 1 is 0.828 bits per heavy atom. The van der Waals surface area contributed by atoms with Crippen molar-refractivity contribution in [3.05, 3.63) is 106 Å². The van der Waals surface area contributed by atoms with Gasteiger partial charge in [0.15, 0.2) is 0 Å². The highest BCUT2D eigenvalue weighted by atomic mass is 35.5. The topological polar surface area (TPSA) is 17.0 Å². The van der Waals surface area contributed by atoms with E-state index in [1.807, 2.05) is 12.1 Å². The Morgan fingerprint density at radius 2 is 1.59 bits per heavy atom. The SMILES string of the molecule is Cl.Clc1ccc(Cn2cc(CNCCc3ccccc3)c3ccccc32)c(Cl)c1. The molecule has 4 rings (SSSR count). The monoisotopic (exact) mass is 444 g/mol. The van der Waals surface area contributed by atoms with Crippen molar-refractivity contribution in [1.29, 1.82) is 0 Å². The predicted octanol–water partition coefficient (Wildman–Crippen LogP) is 6.75. The number of hydrogen-bond acceptors (Lipinski definition) is 1. The molecule has 29 heavy (non-hydrogen) atoms. The summed E-state index contributed by atoms with van der Waals surface area (Å²) >= 11 is 12.4. The lowest BCUT2D eigenvalue weighted by Crippen LogP contribution is -2.16. The van der Waals surface area contributed by atoms with Crippen LogP contribution < -0.4 is 5.32 Å². The van der Waals surface area contributed by atoms with E-state index in [0.717, 1.165) is 31.6 Å². The van der Waals surface area contributed by atoms with Gasteiger partial charge < -0.3 is 9.88 Å². The summed E-state index contributed by atoms with van der Waals surface area (Å²) in [6, 6.07) is 24.8. The fourth-order valence-electron chi connectivity index (χ4n) is 3.53. The molecular formula is C24H23Cl3N2. The molecule has 0 atom stereocenters. The van der Waals surface area contributed by atoms with Crippen LogP contribution in [0.1, 0.15) is 16.7 Å². The first-order valence-corrected chi connectivity index (χ1v) is 10.2. The summed E-state index contributed by atoms with van der Waals surface area (Å²) < 4.78 is 2.26. The van der Waals surface area contributed by atoms with Crippen molar-refractivity contribution in [1.82, 2.24) is 9.88 Å². The van der Waals surface area contributed by atoms with Gasteiger partial charge in [-0.2, -0.15) is 0 Å². The molecule has 1 heterocycles. The minimum Gasteiger partial charge on any atom is -0.343 e. The van der Waals surface area contributed by atoms with Crippen LogP contribution in [0.15, 0.2) is 79.0 Å². The predicted molar refractivity (Wildman–Crippen MR) is 127 cm³/mol. The lowest BCUT2D eigenvalue weighted by atomic mass is 10.1. The molecule has 1 aromatic heterocycles. The second-order valence-electron chi connectivity index (χ2n) is 6.95. The number of nitrogens with zero attached hydrogens (tertiary/aromatic N) is 1. The molecule has 0 saturated carbocycles. The van der Waals surface area contributed by atoms with Crippen LogP contribution in [0.5, 0.6) is 0 Å². The number of hydrogen-bond donors (Lipinski definition) is 1. The molecule has 0 fully saturated rings. The summed E-state index contributed by atoms with van der Waals surface area (Å²) in [5, 5.41) is 6.22. The largest absolute Gasteiger partial charge is 0.343 e. The summed E-state index contributed by atoms with van der Waals surface area (Å²) in [5.74, 6) is 0. The van der Waals surface area contributed by atoms with Gasteiger partial charge in [0.25, 0.3) is 0 Å². The van der Waals surface area contributed by atoms with Crippen molar-refractivity contribution >= 4 is 46.5 Å². The lowest BCUT2D eigenvalue weighted by molar-refractivity contribution is 0.686. The first-order valence-electron chi connectivity index (χ1n) is 9.46. The molecule has 0 amide bonds. The third kappa shape index (κ3) is 5.34. The standard InChI is InChI=1S/C24H22Cl2N2.ClH/c25-21-11-10-19(23(26)14-21)16-28-17-20(22-8-4-5-9-24(22)28)15-27-13-12-18-6-2-1-3-7-18;/h1-11,14,17,27H,12-13,15-16H2;1H. The number of benzene rings is 3. The third-order valence-corrected chi connectivity index (χ3v) is 5.56. The highest BCUT2D eigenvalue weighted by Crippen LogP contribution is 2.26. The van der Waals surface area contributed by atoms with E-state index in [-0.39, 0.29) is 12.4 Å². The van der Waals surface area contributed by atoms with Crippen LogP contribution >= 0.6 is 35.6 Å². The quantitative estimate of drug-likeness (QED) is 0.311. The zero-order chi connectivity index (χ0) is 19.3. The molecule has 150 valence electrons. The van der Waals surface area contributed by atoms with Crippen LogP contribution in [0.3, 0.4) is 0 Å². The summed E-state index contributed by atoms with van der Waals surface area (Å²) in [4.78, 5) is 0. The number of rotatable bonds is 7. The van der Waals surface area contributed by atoms with E-state index in [2.05, 4.69) is 70.7 Å². The minimum atomic E-state index is 0. The molecule has 0 spiro atoms. The highest BCUT2D eigenvalue weighted by Gasteiger charge is 2.10. The normalized spacial score (nSPS) is 10.8. The van der Waals surface area contributed by atoms with Crippen LogP contribution in [0, 0.1) is 0 Å². The Balaban J connectivity index is 0.00000240. The Bertz CT molecular complexity index is 1070. The maximum atomic E-state index is 6.39. The van der Waals surface area contributed by atoms with Crippen LogP contribution in [0.2, 0.25) is 10.0 Å². The molecule has 4 aromatic rings. The van der Waals surface area contributed by atoms with Crippen LogP contribution in [-0.4, -0.2) is 11.1 Å². The van der Waals surface area contributed by atoms with E-state index in [0.29, 0.717) is 10.0 Å². The van der Waals surface area contributed by atoms with Crippen molar-refractivity contribution in [2.75, 3.05) is 6.54 Å². The Kier molecular flexibility index (Phi) is 7.63. The van der Waals surface area contributed by atoms with E-state index in [1.54, 1.807) is 6.07 Å². The number of fused-ring (bicyclic) bond motifs is 1. The van der Waals surface area contributed by atoms with Gasteiger partial charge in [-0.25, -0.2) is 0 Å². The van der Waals surface area contributed by atoms with Crippen LogP contribution in [0.25, 0.3) is 10.9 Å². The summed E-state index contributed by atoms with van der Waals surface area (Å²) in [6.07, 6.45) is 3.25. The van der Waals surface area contributed by atoms with Crippen molar-refractivity contribution in [2.45, 2.75) is 19.5 Å². The summed E-state index contributed by atoms with van der Waals surface area (Å²) in [6.45, 7) is 2.52. The number of para-hydroxylation sites is 1. The molecule has 0 unspecified atom stereocenters. The fraction of sp³-hybridized carbons (Fsp3) is 0.167. The molecule has 0 aliphatic carbocycles. The number of halogens is 3. The van der Waals surface area contributed by atoms with Crippen LogP contribution in [-0.2, 0) is 19.5 Å². The number of aromatic nitrogens is 1. The van der Waals surface area contributed by atoms with E-state index in [9.17, 15) is 0 Å². The van der Waals surface area contributed by atoms with Gasteiger partial charge in [0.2, 0.25) is 0 Å². The van der Waals surface area contributed by atoms with Crippen molar-refractivity contribution < 1.29 is 0 Å². The molecule has 0 aliphatic heterocycles. The smallest absolute Gasteiger partial charge is 0.0491 e. The first-order chi connectivity index (χ1) is 13.7. The van der Waals surface area contributed by atoms with Crippen LogP contribution in [0.4, 0.5) is 0 Å². The van der Waals surface area contributed by atoms with E-state index < -0.39 is 0 Å².